The second-order valence-electron chi connectivity index (χ2n) is 8.20. The Labute approximate surface area is 190 Å². The van der Waals surface area contributed by atoms with Crippen molar-refractivity contribution >= 4 is 23.6 Å². The number of nitrogens with one attached hydrogen (secondary N) is 1. The molecular formula is C23H25ClF3N3O2. The molecule has 3 rings (SSSR count). The predicted molar refractivity (Wildman–Crippen MR) is 117 cm³/mol. The van der Waals surface area contributed by atoms with Crippen LogP contribution < -0.4 is 4.74 Å². The maximum atomic E-state index is 12.4. The van der Waals surface area contributed by atoms with Gasteiger partial charge in [0.15, 0.2) is 0 Å². The number of ether oxygens (including phenoxy) is 1. The monoisotopic (exact) mass is 467 g/mol. The molecule has 5 nitrogen and oxygen atoms in total. The van der Waals surface area contributed by atoms with Crippen LogP contribution in [0.5, 0.6) is 5.75 Å². The van der Waals surface area contributed by atoms with E-state index in [9.17, 15) is 18.0 Å². The number of aldehydes is 1. The zero-order valence-electron chi connectivity index (χ0n) is 18.0. The van der Waals surface area contributed by atoms with Gasteiger partial charge < -0.3 is 19.8 Å². The summed E-state index contributed by atoms with van der Waals surface area (Å²) in [6.07, 6.45) is -3.36. The molecule has 1 aliphatic rings. The largest absolute Gasteiger partial charge is 0.573 e. The molecule has 2 aromatic rings. The Bertz CT molecular complexity index is 993. The molecule has 32 heavy (non-hydrogen) atoms. The van der Waals surface area contributed by atoms with Crippen LogP contribution in [-0.2, 0) is 17.9 Å². The molecule has 0 bridgehead atoms. The molecule has 2 aromatic carbocycles. The maximum Gasteiger partial charge on any atom is 0.573 e. The van der Waals surface area contributed by atoms with Crippen LogP contribution in [0.15, 0.2) is 36.4 Å². The van der Waals surface area contributed by atoms with Gasteiger partial charge in [-0.1, -0.05) is 23.7 Å². The maximum absolute atomic E-state index is 12.4. The first-order valence-corrected chi connectivity index (χ1v) is 10.5. The zero-order chi connectivity index (χ0) is 23.6. The van der Waals surface area contributed by atoms with Gasteiger partial charge in [0, 0.05) is 36.3 Å². The van der Waals surface area contributed by atoms with Crippen molar-refractivity contribution in [2.24, 2.45) is 0 Å². The summed E-state index contributed by atoms with van der Waals surface area (Å²) in [5.74, 6) is -0.295. The Kier molecular flexibility index (Phi) is 7.27. The number of hydrogen-bond acceptors (Lipinski definition) is 5. The number of alkyl halides is 3. The first-order valence-electron chi connectivity index (χ1n) is 10.1. The Morgan fingerprint density at radius 1 is 1.31 bits per heavy atom. The van der Waals surface area contributed by atoms with Crippen LogP contribution in [-0.4, -0.2) is 48.3 Å². The number of nitrogens with zero attached hydrogens (tertiary/aromatic N) is 2. The Morgan fingerprint density at radius 2 is 1.97 bits per heavy atom. The quantitative estimate of drug-likeness (QED) is 0.428. The number of halogens is 4. The molecule has 1 N–H and O–H groups in total. The highest BCUT2D eigenvalue weighted by atomic mass is 35.5. The third kappa shape index (κ3) is 5.68. The van der Waals surface area contributed by atoms with Crippen LogP contribution in [0.4, 0.5) is 13.2 Å². The van der Waals surface area contributed by atoms with Crippen molar-refractivity contribution in [1.82, 2.24) is 9.80 Å². The summed E-state index contributed by atoms with van der Waals surface area (Å²) in [7, 11) is 3.92. The van der Waals surface area contributed by atoms with E-state index in [4.69, 9.17) is 17.0 Å². The molecule has 0 aromatic heterocycles. The molecule has 2 atom stereocenters. The SMILES string of the molecule is CC(CC(=N)c1cc(Cl)c2c(c1)CN(Cc1ccc(OC(F)(F)F)cc1)C2C=O)N(C)C. The third-order valence-corrected chi connectivity index (χ3v) is 5.99. The van der Waals surface area contributed by atoms with Gasteiger partial charge in [-0.05, 0) is 67.5 Å². The topological polar surface area (TPSA) is 56.6 Å². The van der Waals surface area contributed by atoms with Crippen LogP contribution in [0, 0.1) is 5.41 Å². The average Bonchev–Trinajstić information content (AvgIpc) is 3.05. The lowest BCUT2D eigenvalue weighted by molar-refractivity contribution is -0.274. The molecule has 9 heteroatoms. The van der Waals surface area contributed by atoms with Crippen molar-refractivity contribution in [3.63, 3.8) is 0 Å². The summed E-state index contributed by atoms with van der Waals surface area (Å²) < 4.78 is 41.0. The van der Waals surface area contributed by atoms with Crippen molar-refractivity contribution in [2.75, 3.05) is 14.1 Å². The molecule has 0 spiro atoms. The van der Waals surface area contributed by atoms with Gasteiger partial charge in [-0.2, -0.15) is 0 Å². The fourth-order valence-corrected chi connectivity index (χ4v) is 4.10. The van der Waals surface area contributed by atoms with Crippen LogP contribution in [0.3, 0.4) is 0 Å². The zero-order valence-corrected chi connectivity index (χ0v) is 18.8. The second-order valence-corrected chi connectivity index (χ2v) is 8.61. The molecule has 0 fully saturated rings. The minimum absolute atomic E-state index is 0.193. The van der Waals surface area contributed by atoms with E-state index in [1.165, 1.54) is 24.3 Å². The normalized spacial score (nSPS) is 17.3. The number of hydrogen-bond donors (Lipinski definition) is 1. The highest BCUT2D eigenvalue weighted by Crippen LogP contribution is 2.39. The van der Waals surface area contributed by atoms with Crippen LogP contribution in [0.1, 0.15) is 41.6 Å². The van der Waals surface area contributed by atoms with Crippen molar-refractivity contribution in [1.29, 1.82) is 5.41 Å². The van der Waals surface area contributed by atoms with Gasteiger partial charge >= 0.3 is 6.36 Å². The molecule has 0 radical (unpaired) electrons. The molecule has 172 valence electrons. The number of rotatable bonds is 8. The van der Waals surface area contributed by atoms with Crippen molar-refractivity contribution in [2.45, 2.75) is 44.9 Å². The van der Waals surface area contributed by atoms with Crippen molar-refractivity contribution in [3.05, 3.63) is 63.7 Å². The highest BCUT2D eigenvalue weighted by Gasteiger charge is 2.33. The van der Waals surface area contributed by atoms with E-state index >= 15 is 0 Å². The summed E-state index contributed by atoms with van der Waals surface area (Å²) in [6.45, 7) is 2.84. The molecule has 1 heterocycles. The number of fused-ring (bicyclic) bond motifs is 1. The Balaban J connectivity index is 1.78. The van der Waals surface area contributed by atoms with E-state index in [0.717, 1.165) is 28.5 Å². The highest BCUT2D eigenvalue weighted by molar-refractivity contribution is 6.32. The van der Waals surface area contributed by atoms with Crippen LogP contribution >= 0.6 is 11.6 Å². The van der Waals surface area contributed by atoms with E-state index in [1.807, 2.05) is 36.9 Å². The molecule has 0 saturated carbocycles. The summed E-state index contributed by atoms with van der Waals surface area (Å²) in [5.41, 5.74) is 3.53. The smallest absolute Gasteiger partial charge is 0.406 e. The van der Waals surface area contributed by atoms with Gasteiger partial charge in [0.05, 0.1) is 6.04 Å². The molecule has 1 aliphatic heterocycles. The molecule has 0 amide bonds. The van der Waals surface area contributed by atoms with Gasteiger partial charge in [-0.3, -0.25) is 4.90 Å². The van der Waals surface area contributed by atoms with E-state index in [2.05, 4.69) is 4.74 Å². The molecular weight excluding hydrogens is 443 g/mol. The molecule has 0 saturated heterocycles. The first kappa shape index (κ1) is 24.2. The van der Waals surface area contributed by atoms with E-state index in [-0.39, 0.29) is 11.8 Å². The molecule has 2 unspecified atom stereocenters. The van der Waals surface area contributed by atoms with E-state index < -0.39 is 12.4 Å². The fourth-order valence-electron chi connectivity index (χ4n) is 3.75. The number of benzene rings is 2. The van der Waals surface area contributed by atoms with Crippen molar-refractivity contribution < 1.29 is 22.7 Å². The minimum atomic E-state index is -4.74. The fraction of sp³-hybridized carbons (Fsp3) is 0.391. The Hall–Kier alpha value is -2.42. The van der Waals surface area contributed by atoms with Gasteiger partial charge in [0.2, 0.25) is 0 Å². The van der Waals surface area contributed by atoms with Gasteiger partial charge in [0.25, 0.3) is 0 Å². The average molecular weight is 468 g/mol. The summed E-state index contributed by atoms with van der Waals surface area (Å²) >= 11 is 6.53. The van der Waals surface area contributed by atoms with Gasteiger partial charge in [-0.15, -0.1) is 13.2 Å². The number of carbonyl (C=O) groups excluding carboxylic acids is 1. The van der Waals surface area contributed by atoms with Crippen LogP contribution in [0.25, 0.3) is 0 Å². The summed E-state index contributed by atoms with van der Waals surface area (Å²) in [6, 6.07) is 8.84. The Morgan fingerprint density at radius 3 is 2.53 bits per heavy atom. The summed E-state index contributed by atoms with van der Waals surface area (Å²) in [5, 5.41) is 8.90. The lowest BCUT2D eigenvalue weighted by Gasteiger charge is -2.21. The number of carbonyl (C=O) groups is 1. The van der Waals surface area contributed by atoms with Crippen molar-refractivity contribution in [3.8, 4) is 5.75 Å². The lowest BCUT2D eigenvalue weighted by atomic mass is 9.97. The third-order valence-electron chi connectivity index (χ3n) is 5.68. The summed E-state index contributed by atoms with van der Waals surface area (Å²) in [4.78, 5) is 15.8. The standard InChI is InChI=1S/C23H25ClF3N3O2/c1-14(29(2)3)8-20(28)16-9-17-12-30(21(13-31)22(17)19(24)10-16)11-15-4-6-18(7-5-15)32-23(25,26)27/h4-7,9-10,13-14,21,28H,8,11-12H2,1-3H3. The lowest BCUT2D eigenvalue weighted by Crippen LogP contribution is -2.27. The molecule has 0 aliphatic carbocycles. The van der Waals surface area contributed by atoms with Gasteiger partial charge in [-0.25, -0.2) is 0 Å². The first-order chi connectivity index (χ1) is 15.0. The van der Waals surface area contributed by atoms with E-state index in [0.29, 0.717) is 30.2 Å². The van der Waals surface area contributed by atoms with Gasteiger partial charge in [0.1, 0.15) is 12.0 Å². The predicted octanol–water partition coefficient (Wildman–Crippen LogP) is 5.20. The second kappa shape index (κ2) is 9.60. The van der Waals surface area contributed by atoms with E-state index in [1.54, 1.807) is 6.07 Å². The van der Waals surface area contributed by atoms with Crippen LogP contribution in [0.2, 0.25) is 5.02 Å². The minimum Gasteiger partial charge on any atom is -0.406 e.